The van der Waals surface area contributed by atoms with Gasteiger partial charge in [0, 0.05) is 6.54 Å². The molecule has 1 atom stereocenters. The Morgan fingerprint density at radius 2 is 2.06 bits per heavy atom. The zero-order valence-corrected chi connectivity index (χ0v) is 10.9. The fraction of sp³-hybridized carbons (Fsp3) is 0.429. The van der Waals surface area contributed by atoms with Crippen molar-refractivity contribution in [3.63, 3.8) is 0 Å². The highest BCUT2D eigenvalue weighted by Gasteiger charge is 2.18. The number of nitrogens with zero attached hydrogens (tertiary/aromatic N) is 3. The molecule has 0 radical (unpaired) electrons. The van der Waals surface area contributed by atoms with E-state index in [0.29, 0.717) is 0 Å². The van der Waals surface area contributed by atoms with Gasteiger partial charge >= 0.3 is 0 Å². The smallest absolute Gasteiger partial charge is 0.123 e. The van der Waals surface area contributed by atoms with Crippen molar-refractivity contribution in [2.45, 2.75) is 39.3 Å². The first-order valence-electron chi connectivity index (χ1n) is 6.42. The summed E-state index contributed by atoms with van der Waals surface area (Å²) in [5, 5.41) is 18.4. The summed E-state index contributed by atoms with van der Waals surface area (Å²) >= 11 is 0. The zero-order valence-electron chi connectivity index (χ0n) is 10.9. The Labute approximate surface area is 107 Å². The quantitative estimate of drug-likeness (QED) is 0.879. The van der Waals surface area contributed by atoms with Crippen molar-refractivity contribution in [1.82, 2.24) is 15.0 Å². The zero-order chi connectivity index (χ0) is 13.0. The number of aliphatic hydroxyl groups is 1. The van der Waals surface area contributed by atoms with Crippen LogP contribution >= 0.6 is 0 Å². The van der Waals surface area contributed by atoms with Gasteiger partial charge in [0.15, 0.2) is 0 Å². The molecule has 96 valence electrons. The lowest BCUT2D eigenvalue weighted by atomic mass is 9.99. The average molecular weight is 245 g/mol. The van der Waals surface area contributed by atoms with Crippen LogP contribution in [0.25, 0.3) is 0 Å². The summed E-state index contributed by atoms with van der Waals surface area (Å²) in [6, 6.07) is 7.96. The maximum Gasteiger partial charge on any atom is 0.123 e. The Morgan fingerprint density at radius 3 is 2.78 bits per heavy atom. The second kappa shape index (κ2) is 5.78. The Balaban J connectivity index is 2.35. The van der Waals surface area contributed by atoms with E-state index < -0.39 is 6.10 Å². The van der Waals surface area contributed by atoms with Gasteiger partial charge in [-0.25, -0.2) is 4.68 Å². The van der Waals surface area contributed by atoms with Crippen LogP contribution in [-0.2, 0) is 13.0 Å². The van der Waals surface area contributed by atoms with Gasteiger partial charge < -0.3 is 5.11 Å². The molecule has 1 N–H and O–H groups in total. The fourth-order valence-electron chi connectivity index (χ4n) is 2.15. The molecule has 0 aliphatic carbocycles. The number of aryl methyl sites for hydroxylation is 2. The SMILES string of the molecule is CCCn1nncc1C(O)c1ccccc1CC. The van der Waals surface area contributed by atoms with Gasteiger partial charge in [0.2, 0.25) is 0 Å². The third-order valence-electron chi connectivity index (χ3n) is 3.09. The maximum absolute atomic E-state index is 10.5. The molecule has 18 heavy (non-hydrogen) atoms. The molecule has 0 aliphatic rings. The summed E-state index contributed by atoms with van der Waals surface area (Å²) in [4.78, 5) is 0. The van der Waals surface area contributed by atoms with Crippen molar-refractivity contribution in [2.24, 2.45) is 0 Å². The molecule has 4 nitrogen and oxygen atoms in total. The van der Waals surface area contributed by atoms with Gasteiger partial charge in [0.1, 0.15) is 6.10 Å². The van der Waals surface area contributed by atoms with Crippen molar-refractivity contribution < 1.29 is 5.11 Å². The molecule has 0 fully saturated rings. The lowest BCUT2D eigenvalue weighted by Gasteiger charge is -2.15. The van der Waals surface area contributed by atoms with E-state index in [2.05, 4.69) is 24.2 Å². The number of aromatic nitrogens is 3. The second-order valence-corrected chi connectivity index (χ2v) is 4.34. The molecule has 1 heterocycles. The normalized spacial score (nSPS) is 12.6. The molecule has 0 spiro atoms. The van der Waals surface area contributed by atoms with Crippen molar-refractivity contribution in [1.29, 1.82) is 0 Å². The molecule has 0 aliphatic heterocycles. The summed E-state index contributed by atoms with van der Waals surface area (Å²) in [5.74, 6) is 0. The van der Waals surface area contributed by atoms with Crippen LogP contribution < -0.4 is 0 Å². The molecule has 0 amide bonds. The number of hydrogen-bond acceptors (Lipinski definition) is 3. The van der Waals surface area contributed by atoms with E-state index in [-0.39, 0.29) is 0 Å². The third kappa shape index (κ3) is 2.43. The highest BCUT2D eigenvalue weighted by molar-refractivity contribution is 5.33. The highest BCUT2D eigenvalue weighted by Crippen LogP contribution is 2.24. The van der Waals surface area contributed by atoms with Crippen LogP contribution in [0.4, 0.5) is 0 Å². The second-order valence-electron chi connectivity index (χ2n) is 4.34. The largest absolute Gasteiger partial charge is 0.382 e. The Morgan fingerprint density at radius 1 is 1.28 bits per heavy atom. The van der Waals surface area contributed by atoms with E-state index in [0.717, 1.165) is 36.2 Å². The van der Waals surface area contributed by atoms with Gasteiger partial charge in [-0.3, -0.25) is 0 Å². The molecule has 2 aromatic rings. The van der Waals surface area contributed by atoms with Crippen LogP contribution in [0.2, 0.25) is 0 Å². The topological polar surface area (TPSA) is 50.9 Å². The van der Waals surface area contributed by atoms with Crippen LogP contribution in [0.5, 0.6) is 0 Å². The van der Waals surface area contributed by atoms with Gasteiger partial charge in [0.25, 0.3) is 0 Å². The van der Waals surface area contributed by atoms with E-state index in [1.165, 1.54) is 0 Å². The maximum atomic E-state index is 10.5. The Bertz CT molecular complexity index is 507. The van der Waals surface area contributed by atoms with Crippen LogP contribution in [0.3, 0.4) is 0 Å². The summed E-state index contributed by atoms with van der Waals surface area (Å²) in [5.41, 5.74) is 2.87. The first kappa shape index (κ1) is 12.8. The number of aliphatic hydroxyl groups excluding tert-OH is 1. The molecule has 1 unspecified atom stereocenters. The molecule has 0 saturated heterocycles. The van der Waals surface area contributed by atoms with E-state index >= 15 is 0 Å². The van der Waals surface area contributed by atoms with Crippen molar-refractivity contribution in [3.8, 4) is 0 Å². The minimum absolute atomic E-state index is 0.650. The summed E-state index contributed by atoms with van der Waals surface area (Å²) in [7, 11) is 0. The molecule has 4 heteroatoms. The highest BCUT2D eigenvalue weighted by atomic mass is 16.3. The molecule has 0 saturated carbocycles. The van der Waals surface area contributed by atoms with Crippen LogP contribution in [0, 0.1) is 0 Å². The first-order valence-corrected chi connectivity index (χ1v) is 6.42. The fourth-order valence-corrected chi connectivity index (χ4v) is 2.15. The van der Waals surface area contributed by atoms with Gasteiger partial charge in [-0.2, -0.15) is 0 Å². The van der Waals surface area contributed by atoms with E-state index in [1.807, 2.05) is 24.3 Å². The van der Waals surface area contributed by atoms with Crippen LogP contribution in [0.1, 0.15) is 43.2 Å². The molecule has 1 aromatic heterocycles. The predicted molar refractivity (Wildman–Crippen MR) is 70.2 cm³/mol. The van der Waals surface area contributed by atoms with Gasteiger partial charge in [0.05, 0.1) is 11.9 Å². The molecule has 2 rings (SSSR count). The van der Waals surface area contributed by atoms with Crippen LogP contribution in [0.15, 0.2) is 30.5 Å². The van der Waals surface area contributed by atoms with Gasteiger partial charge in [-0.05, 0) is 24.0 Å². The average Bonchev–Trinajstić information content (AvgIpc) is 2.86. The summed E-state index contributed by atoms with van der Waals surface area (Å²) in [6.45, 7) is 4.95. The molecule has 1 aromatic carbocycles. The molecular weight excluding hydrogens is 226 g/mol. The number of rotatable bonds is 5. The van der Waals surface area contributed by atoms with Gasteiger partial charge in [-0.1, -0.05) is 43.3 Å². The first-order chi connectivity index (χ1) is 8.77. The Hall–Kier alpha value is -1.68. The van der Waals surface area contributed by atoms with Crippen molar-refractivity contribution in [2.75, 3.05) is 0 Å². The van der Waals surface area contributed by atoms with Crippen molar-refractivity contribution in [3.05, 3.63) is 47.3 Å². The van der Waals surface area contributed by atoms with Crippen LogP contribution in [-0.4, -0.2) is 20.1 Å². The molecular formula is C14H19N3O. The third-order valence-corrected chi connectivity index (χ3v) is 3.09. The number of hydrogen-bond donors (Lipinski definition) is 1. The van der Waals surface area contributed by atoms with E-state index in [4.69, 9.17) is 0 Å². The minimum atomic E-state index is -0.650. The minimum Gasteiger partial charge on any atom is -0.382 e. The predicted octanol–water partition coefficient (Wildman–Crippen LogP) is 2.33. The summed E-state index contributed by atoms with van der Waals surface area (Å²) in [6.07, 6.45) is 2.87. The van der Waals surface area contributed by atoms with E-state index in [1.54, 1.807) is 10.9 Å². The monoisotopic (exact) mass is 245 g/mol. The lowest BCUT2D eigenvalue weighted by Crippen LogP contribution is -2.11. The Kier molecular flexibility index (Phi) is 4.10. The summed E-state index contributed by atoms with van der Waals surface area (Å²) < 4.78 is 1.77. The van der Waals surface area contributed by atoms with E-state index in [9.17, 15) is 5.11 Å². The lowest BCUT2D eigenvalue weighted by molar-refractivity contribution is 0.206. The standard InChI is InChI=1S/C14H19N3O/c1-3-9-17-13(10-15-16-17)14(18)12-8-6-5-7-11(12)4-2/h5-8,10,14,18H,3-4,9H2,1-2H3. The molecule has 0 bridgehead atoms. The number of benzene rings is 1. The van der Waals surface area contributed by atoms with Gasteiger partial charge in [-0.15, -0.1) is 5.10 Å². The van der Waals surface area contributed by atoms with Crippen molar-refractivity contribution >= 4 is 0 Å².